The lowest BCUT2D eigenvalue weighted by molar-refractivity contribution is 0.0941. The van der Waals surface area contributed by atoms with Crippen molar-refractivity contribution >= 4 is 23.3 Å². The van der Waals surface area contributed by atoms with Gasteiger partial charge in [0, 0.05) is 22.7 Å². The molecule has 29 heavy (non-hydrogen) atoms. The number of rotatable bonds is 4. The summed E-state index contributed by atoms with van der Waals surface area (Å²) in [6.07, 6.45) is 1.77. The van der Waals surface area contributed by atoms with E-state index in [1.807, 2.05) is 42.5 Å². The van der Waals surface area contributed by atoms with Crippen molar-refractivity contribution in [1.82, 2.24) is 10.3 Å². The number of hydrogen-bond acceptors (Lipinski definition) is 3. The molecule has 1 amide bonds. The number of H-pyrrole nitrogens is 1. The predicted molar refractivity (Wildman–Crippen MR) is 112 cm³/mol. The molecular weight excluding hydrogens is 388 g/mol. The number of carbonyl (C=O) groups excluding carboxylic acids is 2. The number of pyridine rings is 1. The summed E-state index contributed by atoms with van der Waals surface area (Å²) in [6.45, 7) is 0. The van der Waals surface area contributed by atoms with E-state index in [0.717, 1.165) is 11.1 Å². The van der Waals surface area contributed by atoms with E-state index < -0.39 is 17.5 Å². The normalized spacial score (nSPS) is 14.2. The van der Waals surface area contributed by atoms with E-state index in [2.05, 4.69) is 10.3 Å². The van der Waals surface area contributed by atoms with Crippen LogP contribution in [0.25, 0.3) is 0 Å². The van der Waals surface area contributed by atoms with Gasteiger partial charge in [-0.1, -0.05) is 54.1 Å². The number of nitrogens with one attached hydrogen (secondary N) is 2. The number of hydrogen-bond donors (Lipinski definition) is 2. The largest absolute Gasteiger partial charge is 0.341 e. The molecule has 4 rings (SSSR count). The van der Waals surface area contributed by atoms with E-state index >= 15 is 0 Å². The summed E-state index contributed by atoms with van der Waals surface area (Å²) >= 11 is 6.00. The molecule has 1 aromatic heterocycles. The number of ketones is 1. The molecule has 146 valence electrons. The SMILES string of the molecule is O=C1CCCc2[nH]c(=O)c(C(=O)N[C@@H](c3ccccc3)c3ccc(Cl)cc3)cc21. The Balaban J connectivity index is 1.70. The number of aryl methyl sites for hydroxylation is 1. The number of carbonyl (C=O) groups is 2. The Bertz CT molecular complexity index is 1120. The number of fused-ring (bicyclic) bond motifs is 1. The number of Topliss-reactive ketones (excluding diaryl/α,β-unsaturated/α-hetero) is 1. The Labute approximate surface area is 172 Å². The van der Waals surface area contributed by atoms with Gasteiger partial charge in [-0.15, -0.1) is 0 Å². The Kier molecular flexibility index (Phi) is 5.32. The summed E-state index contributed by atoms with van der Waals surface area (Å²) in [6, 6.07) is 17.6. The van der Waals surface area contributed by atoms with Crippen molar-refractivity contribution in [2.75, 3.05) is 0 Å². The van der Waals surface area contributed by atoms with Gasteiger partial charge in [0.15, 0.2) is 5.78 Å². The maximum Gasteiger partial charge on any atom is 0.261 e. The average molecular weight is 407 g/mol. The maximum absolute atomic E-state index is 13.0. The molecule has 3 aromatic rings. The van der Waals surface area contributed by atoms with Crippen molar-refractivity contribution in [2.24, 2.45) is 0 Å². The molecule has 2 aromatic carbocycles. The second-order valence-corrected chi connectivity index (χ2v) is 7.49. The summed E-state index contributed by atoms with van der Waals surface area (Å²) in [5.41, 5.74) is 2.20. The highest BCUT2D eigenvalue weighted by molar-refractivity contribution is 6.30. The molecule has 0 saturated carbocycles. The zero-order valence-corrected chi connectivity index (χ0v) is 16.3. The lowest BCUT2D eigenvalue weighted by atomic mass is 9.93. The van der Waals surface area contributed by atoms with Crippen molar-refractivity contribution in [2.45, 2.75) is 25.3 Å². The Morgan fingerprint density at radius 1 is 0.966 bits per heavy atom. The molecule has 0 unspecified atom stereocenters. The first-order valence-electron chi connectivity index (χ1n) is 9.43. The molecule has 0 radical (unpaired) electrons. The molecule has 1 aliphatic carbocycles. The minimum Gasteiger partial charge on any atom is -0.341 e. The molecule has 2 N–H and O–H groups in total. The van der Waals surface area contributed by atoms with E-state index in [0.29, 0.717) is 35.5 Å². The number of benzene rings is 2. The van der Waals surface area contributed by atoms with E-state index in [-0.39, 0.29) is 11.3 Å². The van der Waals surface area contributed by atoms with Crippen molar-refractivity contribution in [3.05, 3.63) is 104 Å². The van der Waals surface area contributed by atoms with Gasteiger partial charge in [-0.2, -0.15) is 0 Å². The van der Waals surface area contributed by atoms with E-state index in [1.54, 1.807) is 12.1 Å². The van der Waals surface area contributed by atoms with Crippen molar-refractivity contribution in [3.8, 4) is 0 Å². The van der Waals surface area contributed by atoms with Crippen molar-refractivity contribution in [1.29, 1.82) is 0 Å². The monoisotopic (exact) mass is 406 g/mol. The summed E-state index contributed by atoms with van der Waals surface area (Å²) in [5, 5.41) is 3.53. The molecule has 0 saturated heterocycles. The van der Waals surface area contributed by atoms with Crippen molar-refractivity contribution < 1.29 is 9.59 Å². The van der Waals surface area contributed by atoms with Crippen LogP contribution in [-0.4, -0.2) is 16.7 Å². The molecule has 0 fully saturated rings. The van der Waals surface area contributed by atoms with Crippen LogP contribution in [0.5, 0.6) is 0 Å². The molecule has 1 heterocycles. The molecule has 0 aliphatic heterocycles. The molecule has 1 atom stereocenters. The van der Waals surface area contributed by atoms with Crippen LogP contribution in [0.3, 0.4) is 0 Å². The first-order valence-corrected chi connectivity index (χ1v) is 9.81. The lowest BCUT2D eigenvalue weighted by Gasteiger charge is -2.21. The van der Waals surface area contributed by atoms with Crippen LogP contribution >= 0.6 is 11.6 Å². The highest BCUT2D eigenvalue weighted by Crippen LogP contribution is 2.24. The third-order valence-electron chi connectivity index (χ3n) is 5.11. The molecule has 5 nitrogen and oxygen atoms in total. The average Bonchev–Trinajstić information content (AvgIpc) is 2.73. The minimum atomic E-state index is -0.531. The van der Waals surface area contributed by atoms with E-state index in [1.165, 1.54) is 6.07 Å². The number of amides is 1. The Hall–Kier alpha value is -3.18. The molecule has 0 spiro atoms. The Morgan fingerprint density at radius 2 is 1.66 bits per heavy atom. The fraction of sp³-hybridized carbons (Fsp3) is 0.174. The topological polar surface area (TPSA) is 79.0 Å². The highest BCUT2D eigenvalue weighted by atomic mass is 35.5. The molecule has 6 heteroatoms. The van der Waals surface area contributed by atoms with Crippen LogP contribution in [0.15, 0.2) is 65.5 Å². The van der Waals surface area contributed by atoms with Crippen LogP contribution in [0.4, 0.5) is 0 Å². The molecule has 1 aliphatic rings. The summed E-state index contributed by atoms with van der Waals surface area (Å²) in [4.78, 5) is 40.4. The zero-order chi connectivity index (χ0) is 20.4. The second-order valence-electron chi connectivity index (χ2n) is 7.05. The lowest BCUT2D eigenvalue weighted by Crippen LogP contribution is -2.34. The smallest absolute Gasteiger partial charge is 0.261 e. The molecular formula is C23H19ClN2O3. The van der Waals surface area contributed by atoms with Crippen LogP contribution in [0.1, 0.15) is 56.4 Å². The standard InChI is InChI=1S/C23H19ClN2O3/c24-16-11-9-15(10-12-16)21(14-5-2-1-3-6-14)26-23(29)18-13-17-19(25-22(18)28)7-4-8-20(17)27/h1-3,5-6,9-13,21H,4,7-8H2,(H,25,28)(H,26,29)/t21-/m0/s1. The van der Waals surface area contributed by atoms with Crippen LogP contribution in [-0.2, 0) is 6.42 Å². The summed E-state index contributed by atoms with van der Waals surface area (Å²) in [5.74, 6) is -0.579. The fourth-order valence-corrected chi connectivity index (χ4v) is 3.74. The highest BCUT2D eigenvalue weighted by Gasteiger charge is 2.24. The second kappa shape index (κ2) is 8.05. The van der Waals surface area contributed by atoms with Gasteiger partial charge in [0.25, 0.3) is 11.5 Å². The van der Waals surface area contributed by atoms with Crippen LogP contribution in [0.2, 0.25) is 5.02 Å². The van der Waals surface area contributed by atoms with E-state index in [4.69, 9.17) is 11.6 Å². The zero-order valence-electron chi connectivity index (χ0n) is 15.6. The van der Waals surface area contributed by atoms with Gasteiger partial charge in [-0.25, -0.2) is 0 Å². The van der Waals surface area contributed by atoms with Crippen LogP contribution in [0, 0.1) is 0 Å². The third-order valence-corrected chi connectivity index (χ3v) is 5.36. The summed E-state index contributed by atoms with van der Waals surface area (Å²) in [7, 11) is 0. The first-order chi connectivity index (χ1) is 14.0. The van der Waals surface area contributed by atoms with E-state index in [9.17, 15) is 14.4 Å². The van der Waals surface area contributed by atoms with Gasteiger partial charge in [0.1, 0.15) is 5.56 Å². The van der Waals surface area contributed by atoms with Gasteiger partial charge in [0.2, 0.25) is 0 Å². The number of aromatic nitrogens is 1. The van der Waals surface area contributed by atoms with Gasteiger partial charge < -0.3 is 10.3 Å². The summed E-state index contributed by atoms with van der Waals surface area (Å²) < 4.78 is 0. The van der Waals surface area contributed by atoms with Gasteiger partial charge >= 0.3 is 0 Å². The van der Waals surface area contributed by atoms with Gasteiger partial charge in [0.05, 0.1) is 6.04 Å². The van der Waals surface area contributed by atoms with Gasteiger partial charge in [-0.3, -0.25) is 14.4 Å². The quantitative estimate of drug-likeness (QED) is 0.685. The Morgan fingerprint density at radius 3 is 2.38 bits per heavy atom. The minimum absolute atomic E-state index is 0.0474. The fourth-order valence-electron chi connectivity index (χ4n) is 3.61. The third kappa shape index (κ3) is 4.00. The predicted octanol–water partition coefficient (Wildman–Crippen LogP) is 4.07. The number of halogens is 1. The van der Waals surface area contributed by atoms with Crippen molar-refractivity contribution in [3.63, 3.8) is 0 Å². The van der Waals surface area contributed by atoms with Crippen LogP contribution < -0.4 is 10.9 Å². The number of aromatic amines is 1. The first kappa shape index (κ1) is 19.2. The maximum atomic E-state index is 13.0. The molecule has 0 bridgehead atoms. The van der Waals surface area contributed by atoms with Gasteiger partial charge in [-0.05, 0) is 42.2 Å².